The molecule has 2 N–H and O–H groups in total. The quantitative estimate of drug-likeness (QED) is 0.482. The highest BCUT2D eigenvalue weighted by Gasteiger charge is 2.27. The van der Waals surface area contributed by atoms with E-state index in [1.807, 2.05) is 82.4 Å². The number of H-pyrrole nitrogens is 1. The van der Waals surface area contributed by atoms with Gasteiger partial charge < -0.3 is 15.0 Å². The third kappa shape index (κ3) is 5.75. The fourth-order valence-corrected chi connectivity index (χ4v) is 3.62. The molecule has 5 nitrogen and oxygen atoms in total. The predicted molar refractivity (Wildman–Crippen MR) is 124 cm³/mol. The third-order valence-electron chi connectivity index (χ3n) is 5.74. The van der Waals surface area contributed by atoms with E-state index in [1.165, 1.54) is 0 Å². The van der Waals surface area contributed by atoms with Gasteiger partial charge in [-0.1, -0.05) is 64.4 Å². The maximum Gasteiger partial charge on any atom is 0.225 e. The van der Waals surface area contributed by atoms with Crippen LogP contribution in [0.2, 0.25) is 0 Å². The molecule has 2 atom stereocenters. The topological polar surface area (TPSA) is 71.2 Å². The summed E-state index contributed by atoms with van der Waals surface area (Å²) in [5.74, 6) is 0.677. The first-order chi connectivity index (χ1) is 14.9. The van der Waals surface area contributed by atoms with E-state index in [4.69, 9.17) is 4.74 Å². The molecule has 164 valence electrons. The van der Waals surface area contributed by atoms with Crippen LogP contribution in [-0.4, -0.2) is 22.7 Å². The number of Topliss-reactive ketones (excluding diaryl/α,β-unsaturated/α-hetero) is 1. The summed E-state index contributed by atoms with van der Waals surface area (Å²) >= 11 is 0. The molecule has 3 aromatic rings. The molecule has 0 fully saturated rings. The Morgan fingerprint density at radius 1 is 1.06 bits per heavy atom. The molecule has 0 bridgehead atoms. The van der Waals surface area contributed by atoms with E-state index in [-0.39, 0.29) is 29.9 Å². The van der Waals surface area contributed by atoms with E-state index < -0.39 is 6.04 Å². The lowest BCUT2D eigenvalue weighted by atomic mass is 9.90. The molecule has 2 aromatic carbocycles. The molecule has 0 aliphatic carbocycles. The number of amides is 1. The lowest BCUT2D eigenvalue weighted by molar-refractivity contribution is -0.130. The minimum atomic E-state index is -0.451. The lowest BCUT2D eigenvalue weighted by Crippen LogP contribution is -2.47. The number of carbonyl (C=O) groups excluding carboxylic acids is 2. The van der Waals surface area contributed by atoms with Gasteiger partial charge in [0.25, 0.3) is 0 Å². The van der Waals surface area contributed by atoms with E-state index in [2.05, 4.69) is 10.3 Å². The summed E-state index contributed by atoms with van der Waals surface area (Å²) in [6, 6.07) is 15.4. The summed E-state index contributed by atoms with van der Waals surface area (Å²) in [6.07, 6.45) is 2.90. The number of carbonyl (C=O) groups is 2. The van der Waals surface area contributed by atoms with Crippen molar-refractivity contribution in [3.05, 3.63) is 65.9 Å². The third-order valence-corrected chi connectivity index (χ3v) is 5.74. The maximum absolute atomic E-state index is 12.8. The number of hydrogen-bond donors (Lipinski definition) is 2. The van der Waals surface area contributed by atoms with Crippen molar-refractivity contribution in [2.24, 2.45) is 11.8 Å². The SMILES string of the molecule is CCC(C)[C@H](NC(=O)Cc1c[nH]c2ccc(OCc3ccccc3)cc12)C(=O)C(C)C. The summed E-state index contributed by atoms with van der Waals surface area (Å²) < 4.78 is 5.94. The Morgan fingerprint density at radius 2 is 1.81 bits per heavy atom. The van der Waals surface area contributed by atoms with Gasteiger partial charge in [-0.25, -0.2) is 0 Å². The van der Waals surface area contributed by atoms with E-state index in [0.717, 1.165) is 34.2 Å². The van der Waals surface area contributed by atoms with Crippen molar-refractivity contribution in [1.82, 2.24) is 10.3 Å². The Balaban J connectivity index is 1.71. The molecule has 0 saturated heterocycles. The van der Waals surface area contributed by atoms with Gasteiger partial charge in [0, 0.05) is 23.0 Å². The van der Waals surface area contributed by atoms with Crippen LogP contribution >= 0.6 is 0 Å². The number of aromatic nitrogens is 1. The summed E-state index contributed by atoms with van der Waals surface area (Å²) in [4.78, 5) is 28.6. The highest BCUT2D eigenvalue weighted by atomic mass is 16.5. The molecule has 1 heterocycles. The number of ketones is 1. The number of benzene rings is 2. The zero-order valence-corrected chi connectivity index (χ0v) is 18.8. The van der Waals surface area contributed by atoms with Gasteiger partial charge >= 0.3 is 0 Å². The van der Waals surface area contributed by atoms with Crippen molar-refractivity contribution in [3.8, 4) is 5.75 Å². The van der Waals surface area contributed by atoms with Gasteiger partial charge in [0.05, 0.1) is 12.5 Å². The monoisotopic (exact) mass is 420 g/mol. The number of fused-ring (bicyclic) bond motifs is 1. The molecular weight excluding hydrogens is 388 g/mol. The zero-order chi connectivity index (χ0) is 22.4. The molecule has 1 amide bonds. The highest BCUT2D eigenvalue weighted by molar-refractivity contribution is 5.93. The summed E-state index contributed by atoms with van der Waals surface area (Å²) in [5, 5.41) is 3.93. The normalized spacial score (nSPS) is 13.2. The van der Waals surface area contributed by atoms with Crippen LogP contribution in [0.15, 0.2) is 54.7 Å². The van der Waals surface area contributed by atoms with Crippen molar-refractivity contribution < 1.29 is 14.3 Å². The number of nitrogens with one attached hydrogen (secondary N) is 2. The second kappa shape index (κ2) is 10.3. The molecule has 5 heteroatoms. The molecule has 0 aliphatic rings. The van der Waals surface area contributed by atoms with E-state index >= 15 is 0 Å². The van der Waals surface area contributed by atoms with Gasteiger partial charge in [0.1, 0.15) is 12.4 Å². The van der Waals surface area contributed by atoms with E-state index in [0.29, 0.717) is 6.61 Å². The molecular formula is C26H32N2O3. The van der Waals surface area contributed by atoms with E-state index in [9.17, 15) is 9.59 Å². The summed E-state index contributed by atoms with van der Waals surface area (Å²) in [6.45, 7) is 8.28. The average Bonchev–Trinajstić information content (AvgIpc) is 3.17. The van der Waals surface area contributed by atoms with Crippen molar-refractivity contribution in [3.63, 3.8) is 0 Å². The smallest absolute Gasteiger partial charge is 0.225 e. The number of hydrogen-bond acceptors (Lipinski definition) is 3. The van der Waals surface area contributed by atoms with Gasteiger partial charge in [-0.2, -0.15) is 0 Å². The van der Waals surface area contributed by atoms with Crippen LogP contribution in [0.4, 0.5) is 0 Å². The van der Waals surface area contributed by atoms with Gasteiger partial charge in [0.2, 0.25) is 5.91 Å². The van der Waals surface area contributed by atoms with E-state index in [1.54, 1.807) is 0 Å². The van der Waals surface area contributed by atoms with Crippen LogP contribution in [-0.2, 0) is 22.6 Å². The van der Waals surface area contributed by atoms with Crippen LogP contribution in [0.5, 0.6) is 5.75 Å². The predicted octanol–water partition coefficient (Wildman–Crippen LogP) is 5.05. The first-order valence-corrected chi connectivity index (χ1v) is 11.0. The van der Waals surface area contributed by atoms with Crippen molar-refractivity contribution in [2.45, 2.75) is 53.2 Å². The fourth-order valence-electron chi connectivity index (χ4n) is 3.62. The Morgan fingerprint density at radius 3 is 2.48 bits per heavy atom. The second-order valence-electron chi connectivity index (χ2n) is 8.46. The molecule has 0 saturated carbocycles. The standard InChI is InChI=1S/C26H32N2O3/c1-5-18(4)25(26(30)17(2)3)28-24(29)13-20-15-27-23-12-11-21(14-22(20)23)31-16-19-9-7-6-8-10-19/h6-12,14-15,17-18,25,27H,5,13,16H2,1-4H3,(H,28,29)/t18?,25-/m0/s1. The van der Waals surface area contributed by atoms with Crippen LogP contribution in [0.25, 0.3) is 10.9 Å². The minimum Gasteiger partial charge on any atom is -0.489 e. The van der Waals surface area contributed by atoms with Crippen molar-refractivity contribution in [1.29, 1.82) is 0 Å². The average molecular weight is 421 g/mol. The van der Waals surface area contributed by atoms with Crippen LogP contribution in [0, 0.1) is 11.8 Å². The van der Waals surface area contributed by atoms with Crippen molar-refractivity contribution in [2.75, 3.05) is 0 Å². The van der Waals surface area contributed by atoms with Gasteiger partial charge in [-0.15, -0.1) is 0 Å². The first kappa shape index (κ1) is 22.6. The maximum atomic E-state index is 12.8. The van der Waals surface area contributed by atoms with Crippen LogP contribution < -0.4 is 10.1 Å². The lowest BCUT2D eigenvalue weighted by Gasteiger charge is -2.24. The van der Waals surface area contributed by atoms with Crippen LogP contribution in [0.3, 0.4) is 0 Å². The van der Waals surface area contributed by atoms with Crippen molar-refractivity contribution >= 4 is 22.6 Å². The second-order valence-corrected chi connectivity index (χ2v) is 8.46. The Bertz CT molecular complexity index is 1020. The molecule has 0 aliphatic heterocycles. The Hall–Kier alpha value is -3.08. The highest BCUT2D eigenvalue weighted by Crippen LogP contribution is 2.25. The molecule has 0 radical (unpaired) electrons. The van der Waals surface area contributed by atoms with Crippen LogP contribution in [0.1, 0.15) is 45.2 Å². The van der Waals surface area contributed by atoms with Gasteiger partial charge in [-0.05, 0) is 35.2 Å². The summed E-state index contributed by atoms with van der Waals surface area (Å²) in [7, 11) is 0. The Labute approximate surface area is 184 Å². The number of ether oxygens (including phenoxy) is 1. The largest absolute Gasteiger partial charge is 0.489 e. The number of aromatic amines is 1. The molecule has 31 heavy (non-hydrogen) atoms. The molecule has 0 spiro atoms. The van der Waals surface area contributed by atoms with Gasteiger partial charge in [-0.3, -0.25) is 9.59 Å². The molecule has 1 aromatic heterocycles. The minimum absolute atomic E-state index is 0.0817. The number of rotatable bonds is 10. The summed E-state index contributed by atoms with van der Waals surface area (Å²) in [5.41, 5.74) is 2.94. The Kier molecular flexibility index (Phi) is 7.50. The zero-order valence-electron chi connectivity index (χ0n) is 18.8. The molecule has 3 rings (SSSR count). The van der Waals surface area contributed by atoms with Gasteiger partial charge in [0.15, 0.2) is 5.78 Å². The first-order valence-electron chi connectivity index (χ1n) is 11.0. The molecule has 1 unspecified atom stereocenters. The fraction of sp³-hybridized carbons (Fsp3) is 0.385.